The van der Waals surface area contributed by atoms with Crippen molar-refractivity contribution in [3.8, 4) is 0 Å². The fourth-order valence-electron chi connectivity index (χ4n) is 1.69. The molecule has 0 unspecified atom stereocenters. The molecule has 1 aliphatic rings. The van der Waals surface area contributed by atoms with Crippen LogP contribution in [0.3, 0.4) is 0 Å². The van der Waals surface area contributed by atoms with Gasteiger partial charge in [0, 0.05) is 5.02 Å². The maximum Gasteiger partial charge on any atom is 0.160 e. The number of benzene rings is 1. The lowest BCUT2D eigenvalue weighted by molar-refractivity contribution is -0.661. The second-order valence-electron chi connectivity index (χ2n) is 3.93. The first-order chi connectivity index (χ1) is 8.49. The summed E-state index contributed by atoms with van der Waals surface area (Å²) in [6, 6.07) is 3.43. The second kappa shape index (κ2) is 5.40. The van der Waals surface area contributed by atoms with Gasteiger partial charge in [-0.25, -0.2) is 17.1 Å². The van der Waals surface area contributed by atoms with E-state index in [1.807, 2.05) is 5.32 Å². The standard InChI is InChI=1S/C10H12ClFN3O2S/c11-9-7-8(12)1-2-10(9)14-18(16,17)15-5-3-13-4-6-15/h1-2,7,13H,3-6H2/q-1/p+1. The molecule has 1 aromatic carbocycles. The number of nitrogens with two attached hydrogens (primary N) is 1. The first kappa shape index (κ1) is 13.5. The maximum absolute atomic E-state index is 12.8. The second-order valence-corrected chi connectivity index (χ2v) is 5.93. The van der Waals surface area contributed by atoms with Crippen LogP contribution >= 0.6 is 11.6 Å². The molecule has 1 fully saturated rings. The van der Waals surface area contributed by atoms with Crippen LogP contribution in [-0.4, -0.2) is 38.9 Å². The van der Waals surface area contributed by atoms with E-state index in [2.05, 4.69) is 4.72 Å². The fraction of sp³-hybridized carbons (Fsp3) is 0.400. The van der Waals surface area contributed by atoms with Crippen LogP contribution in [0.25, 0.3) is 4.72 Å². The van der Waals surface area contributed by atoms with E-state index in [0.717, 1.165) is 12.1 Å². The lowest BCUT2D eigenvalue weighted by Crippen LogP contribution is -2.89. The minimum Gasteiger partial charge on any atom is -0.562 e. The molecule has 2 rings (SSSR count). The quantitative estimate of drug-likeness (QED) is 0.887. The van der Waals surface area contributed by atoms with E-state index in [-0.39, 0.29) is 10.7 Å². The van der Waals surface area contributed by atoms with Crippen molar-refractivity contribution in [3.05, 3.63) is 33.8 Å². The number of hydrogen-bond acceptors (Lipinski definition) is 2. The van der Waals surface area contributed by atoms with Crippen molar-refractivity contribution in [2.75, 3.05) is 26.2 Å². The van der Waals surface area contributed by atoms with Gasteiger partial charge >= 0.3 is 0 Å². The van der Waals surface area contributed by atoms with E-state index in [1.54, 1.807) is 0 Å². The van der Waals surface area contributed by atoms with Crippen LogP contribution in [0.1, 0.15) is 0 Å². The topological polar surface area (TPSA) is 68.1 Å². The molecule has 0 saturated carbocycles. The Morgan fingerprint density at radius 2 is 2.00 bits per heavy atom. The van der Waals surface area contributed by atoms with Gasteiger partial charge in [0.25, 0.3) is 0 Å². The van der Waals surface area contributed by atoms with Gasteiger partial charge in [0.1, 0.15) is 5.82 Å². The summed E-state index contributed by atoms with van der Waals surface area (Å²) in [6.07, 6.45) is 0. The minimum atomic E-state index is -3.74. The third-order valence-corrected chi connectivity index (χ3v) is 4.36. The highest BCUT2D eigenvalue weighted by Gasteiger charge is 2.19. The molecular weight excluding hydrogens is 281 g/mol. The summed E-state index contributed by atoms with van der Waals surface area (Å²) in [5.41, 5.74) is 0.0626. The van der Waals surface area contributed by atoms with Gasteiger partial charge in [-0.05, 0) is 12.1 Å². The highest BCUT2D eigenvalue weighted by Crippen LogP contribution is 2.32. The minimum absolute atomic E-state index is 0.0119. The number of piperazine rings is 1. The summed E-state index contributed by atoms with van der Waals surface area (Å²) in [7, 11) is -3.74. The molecule has 1 aliphatic heterocycles. The normalized spacial score (nSPS) is 17.7. The van der Waals surface area contributed by atoms with Gasteiger partial charge < -0.3 is 10.0 Å². The summed E-state index contributed by atoms with van der Waals surface area (Å²) in [6.45, 7) is 2.27. The highest BCUT2D eigenvalue weighted by molar-refractivity contribution is 7.92. The largest absolute Gasteiger partial charge is 0.562 e. The average molecular weight is 294 g/mol. The van der Waals surface area contributed by atoms with Crippen LogP contribution in [0.5, 0.6) is 0 Å². The molecule has 1 heterocycles. The van der Waals surface area contributed by atoms with Crippen molar-refractivity contribution in [1.29, 1.82) is 0 Å². The van der Waals surface area contributed by atoms with Gasteiger partial charge in [-0.1, -0.05) is 17.7 Å². The summed E-state index contributed by atoms with van der Waals surface area (Å²) in [4.78, 5) is 0. The van der Waals surface area contributed by atoms with Gasteiger partial charge in [-0.2, -0.15) is 0 Å². The Kier molecular flexibility index (Phi) is 4.06. The molecule has 8 heteroatoms. The Morgan fingerprint density at radius 1 is 1.33 bits per heavy atom. The Labute approximate surface area is 110 Å². The number of nitrogens with zero attached hydrogens (tertiary/aromatic N) is 2. The van der Waals surface area contributed by atoms with Crippen LogP contribution in [-0.2, 0) is 10.2 Å². The molecule has 1 aromatic rings. The van der Waals surface area contributed by atoms with Crippen molar-refractivity contribution in [1.82, 2.24) is 4.31 Å². The van der Waals surface area contributed by atoms with Crippen LogP contribution in [0.2, 0.25) is 5.02 Å². The van der Waals surface area contributed by atoms with Gasteiger partial charge in [-0.15, -0.1) is 5.69 Å². The van der Waals surface area contributed by atoms with Crippen molar-refractivity contribution in [2.24, 2.45) is 0 Å². The van der Waals surface area contributed by atoms with Crippen LogP contribution in [0, 0.1) is 5.82 Å². The van der Waals surface area contributed by atoms with Gasteiger partial charge in [0.2, 0.25) is 0 Å². The van der Waals surface area contributed by atoms with Crippen LogP contribution < -0.4 is 5.32 Å². The smallest absolute Gasteiger partial charge is 0.160 e. The molecule has 0 amide bonds. The van der Waals surface area contributed by atoms with Crippen LogP contribution in [0.4, 0.5) is 10.1 Å². The summed E-state index contributed by atoms with van der Waals surface area (Å²) >= 11 is 5.75. The molecule has 0 aliphatic carbocycles. The SMILES string of the molecule is O=S(=O)([N-]c1ccc(F)cc1Cl)N1CC[NH2+]CC1. The van der Waals surface area contributed by atoms with E-state index < -0.39 is 16.0 Å². The number of quaternary nitrogens is 1. The zero-order valence-corrected chi connectivity index (χ0v) is 11.1. The first-order valence-electron chi connectivity index (χ1n) is 5.49. The molecule has 2 N–H and O–H groups in total. The maximum atomic E-state index is 12.8. The van der Waals surface area contributed by atoms with Gasteiger partial charge in [0.15, 0.2) is 10.2 Å². The summed E-state index contributed by atoms with van der Waals surface area (Å²) in [5, 5.41) is 2.03. The molecular formula is C10H13ClFN3O2S. The number of hydrogen-bond donors (Lipinski definition) is 1. The Balaban J connectivity index is 2.16. The first-order valence-corrected chi connectivity index (χ1v) is 7.26. The summed E-state index contributed by atoms with van der Waals surface area (Å²) in [5.74, 6) is -0.524. The predicted molar refractivity (Wildman–Crippen MR) is 66.6 cm³/mol. The molecule has 0 radical (unpaired) electrons. The third kappa shape index (κ3) is 3.11. The zero-order chi connectivity index (χ0) is 13.2. The predicted octanol–water partition coefficient (Wildman–Crippen LogP) is 0.608. The molecule has 5 nitrogen and oxygen atoms in total. The van der Waals surface area contributed by atoms with E-state index in [4.69, 9.17) is 11.6 Å². The number of halogens is 2. The molecule has 0 spiro atoms. The molecule has 0 atom stereocenters. The average Bonchev–Trinajstić information content (AvgIpc) is 2.34. The lowest BCUT2D eigenvalue weighted by Gasteiger charge is -2.33. The van der Waals surface area contributed by atoms with Crippen molar-refractivity contribution in [3.63, 3.8) is 0 Å². The molecule has 0 bridgehead atoms. The van der Waals surface area contributed by atoms with Crippen molar-refractivity contribution < 1.29 is 18.1 Å². The molecule has 1 saturated heterocycles. The van der Waals surface area contributed by atoms with Crippen molar-refractivity contribution >= 4 is 27.5 Å². The highest BCUT2D eigenvalue weighted by atomic mass is 35.5. The van der Waals surface area contributed by atoms with E-state index >= 15 is 0 Å². The monoisotopic (exact) mass is 293 g/mol. The molecule has 0 aromatic heterocycles. The lowest BCUT2D eigenvalue weighted by atomic mass is 10.3. The van der Waals surface area contributed by atoms with E-state index in [0.29, 0.717) is 26.2 Å². The van der Waals surface area contributed by atoms with Crippen molar-refractivity contribution in [2.45, 2.75) is 0 Å². The Bertz CT molecular complexity index is 532. The zero-order valence-electron chi connectivity index (χ0n) is 9.51. The van der Waals surface area contributed by atoms with Gasteiger partial charge in [0.05, 0.1) is 26.2 Å². The van der Waals surface area contributed by atoms with Crippen LogP contribution in [0.15, 0.2) is 18.2 Å². The molecule has 100 valence electrons. The molecule has 18 heavy (non-hydrogen) atoms. The fourth-order valence-corrected chi connectivity index (χ4v) is 3.15. The third-order valence-electron chi connectivity index (χ3n) is 2.61. The van der Waals surface area contributed by atoms with E-state index in [9.17, 15) is 12.8 Å². The Morgan fingerprint density at radius 3 is 2.61 bits per heavy atom. The summed E-state index contributed by atoms with van der Waals surface area (Å²) < 4.78 is 41.8. The Hall–Kier alpha value is -0.890. The van der Waals surface area contributed by atoms with E-state index in [1.165, 1.54) is 10.4 Å². The number of rotatable bonds is 3. The van der Waals surface area contributed by atoms with Gasteiger partial charge in [-0.3, -0.25) is 0 Å².